The van der Waals surface area contributed by atoms with Crippen LogP contribution in [0.1, 0.15) is 18.4 Å². The maximum absolute atomic E-state index is 12.6. The highest BCUT2D eigenvalue weighted by atomic mass is 127. The molecule has 1 aliphatic rings. The van der Waals surface area contributed by atoms with Crippen LogP contribution in [0.2, 0.25) is 0 Å². The van der Waals surface area contributed by atoms with E-state index in [-0.39, 0.29) is 11.8 Å². The zero-order valence-electron chi connectivity index (χ0n) is 13.0. The third-order valence-electron chi connectivity index (χ3n) is 4.11. The minimum atomic E-state index is -0.0234. The number of rotatable bonds is 3. The number of aromatic nitrogens is 2. The molecule has 0 spiro atoms. The van der Waals surface area contributed by atoms with Gasteiger partial charge in [-0.15, -0.1) is 0 Å². The maximum Gasteiger partial charge on any atom is 0.229 e. The molecule has 1 aliphatic heterocycles. The summed E-state index contributed by atoms with van der Waals surface area (Å²) < 4.78 is 1.16. The number of amides is 1. The van der Waals surface area contributed by atoms with Gasteiger partial charge in [-0.2, -0.15) is 0 Å². The zero-order chi connectivity index (χ0) is 16.2. The van der Waals surface area contributed by atoms with E-state index in [1.807, 2.05) is 18.2 Å². The third-order valence-corrected chi connectivity index (χ3v) is 5.27. The van der Waals surface area contributed by atoms with Crippen LogP contribution < -0.4 is 10.2 Å². The van der Waals surface area contributed by atoms with Gasteiger partial charge < -0.3 is 10.2 Å². The van der Waals surface area contributed by atoms with Crippen molar-refractivity contribution < 1.29 is 4.79 Å². The Hall–Kier alpha value is -1.70. The normalized spacial score (nSPS) is 17.8. The van der Waals surface area contributed by atoms with Crippen LogP contribution in [0.5, 0.6) is 0 Å². The SMILES string of the molecule is Cc1ccc(NC(=O)C2CCCN(c3cnccn3)C2)cc1I. The zero-order valence-corrected chi connectivity index (χ0v) is 15.2. The first-order valence-electron chi connectivity index (χ1n) is 7.71. The molecule has 1 N–H and O–H groups in total. The van der Waals surface area contributed by atoms with Gasteiger partial charge in [-0.1, -0.05) is 6.07 Å². The van der Waals surface area contributed by atoms with Crippen molar-refractivity contribution in [3.63, 3.8) is 0 Å². The smallest absolute Gasteiger partial charge is 0.229 e. The predicted molar refractivity (Wildman–Crippen MR) is 99.5 cm³/mol. The maximum atomic E-state index is 12.6. The minimum absolute atomic E-state index is 0.0234. The molecule has 1 aromatic heterocycles. The molecule has 3 rings (SSSR count). The summed E-state index contributed by atoms with van der Waals surface area (Å²) in [7, 11) is 0. The molecule has 0 saturated carbocycles. The summed E-state index contributed by atoms with van der Waals surface area (Å²) in [5.41, 5.74) is 2.08. The Morgan fingerprint density at radius 3 is 3.00 bits per heavy atom. The van der Waals surface area contributed by atoms with Crippen molar-refractivity contribution >= 4 is 40.0 Å². The summed E-state index contributed by atoms with van der Waals surface area (Å²) in [5.74, 6) is 0.901. The Morgan fingerprint density at radius 2 is 2.26 bits per heavy atom. The number of hydrogen-bond acceptors (Lipinski definition) is 4. The molecule has 2 heterocycles. The molecule has 1 fully saturated rings. The van der Waals surface area contributed by atoms with E-state index in [0.29, 0.717) is 6.54 Å². The van der Waals surface area contributed by atoms with E-state index < -0.39 is 0 Å². The number of piperidine rings is 1. The molecule has 1 amide bonds. The van der Waals surface area contributed by atoms with E-state index in [9.17, 15) is 4.79 Å². The van der Waals surface area contributed by atoms with E-state index >= 15 is 0 Å². The van der Waals surface area contributed by atoms with Crippen LogP contribution in [0.4, 0.5) is 11.5 Å². The predicted octanol–water partition coefficient (Wildman–Crippen LogP) is 3.24. The summed E-state index contributed by atoms with van der Waals surface area (Å²) in [5, 5.41) is 3.05. The van der Waals surface area contributed by atoms with E-state index in [1.54, 1.807) is 18.6 Å². The lowest BCUT2D eigenvalue weighted by Crippen LogP contribution is -2.41. The van der Waals surface area contributed by atoms with E-state index in [1.165, 1.54) is 5.56 Å². The Labute approximate surface area is 149 Å². The van der Waals surface area contributed by atoms with Gasteiger partial charge in [-0.3, -0.25) is 9.78 Å². The molecular formula is C17H19IN4O. The molecule has 2 aromatic rings. The first kappa shape index (κ1) is 16.2. The van der Waals surface area contributed by atoms with Crippen LogP contribution in [0, 0.1) is 16.4 Å². The first-order valence-corrected chi connectivity index (χ1v) is 8.79. The number of nitrogens with zero attached hydrogens (tertiary/aromatic N) is 3. The van der Waals surface area contributed by atoms with Crippen molar-refractivity contribution in [1.82, 2.24) is 9.97 Å². The van der Waals surface area contributed by atoms with Crippen LogP contribution in [0.25, 0.3) is 0 Å². The van der Waals surface area contributed by atoms with Gasteiger partial charge >= 0.3 is 0 Å². The topological polar surface area (TPSA) is 58.1 Å². The number of anilines is 2. The molecule has 0 radical (unpaired) electrons. The standard InChI is InChI=1S/C17H19IN4O/c1-12-4-5-14(9-15(12)18)21-17(23)13-3-2-8-22(11-13)16-10-19-6-7-20-16/h4-7,9-10,13H,2-3,8,11H2,1H3,(H,21,23). The highest BCUT2D eigenvalue weighted by Gasteiger charge is 2.26. The average molecular weight is 422 g/mol. The largest absolute Gasteiger partial charge is 0.355 e. The summed E-state index contributed by atoms with van der Waals surface area (Å²) in [6.45, 7) is 3.67. The molecule has 6 heteroatoms. The van der Waals surface area contributed by atoms with E-state index in [0.717, 1.165) is 34.5 Å². The Morgan fingerprint density at radius 1 is 1.39 bits per heavy atom. The van der Waals surface area contributed by atoms with Gasteiger partial charge in [0.05, 0.1) is 12.1 Å². The van der Waals surface area contributed by atoms with Crippen molar-refractivity contribution in [3.8, 4) is 0 Å². The first-order chi connectivity index (χ1) is 11.1. The fourth-order valence-corrected chi connectivity index (χ4v) is 3.28. The Bertz CT molecular complexity index is 692. The quantitative estimate of drug-likeness (QED) is 0.772. The van der Waals surface area contributed by atoms with Gasteiger partial charge in [-0.05, 0) is 60.1 Å². The Balaban J connectivity index is 1.66. The molecule has 1 aromatic carbocycles. The summed E-state index contributed by atoms with van der Waals surface area (Å²) >= 11 is 2.29. The van der Waals surface area contributed by atoms with Crippen molar-refractivity contribution in [1.29, 1.82) is 0 Å². The lowest BCUT2D eigenvalue weighted by atomic mass is 9.97. The van der Waals surface area contributed by atoms with Gasteiger partial charge in [0.1, 0.15) is 5.82 Å². The second kappa shape index (κ2) is 7.25. The highest BCUT2D eigenvalue weighted by Crippen LogP contribution is 2.23. The number of benzene rings is 1. The van der Waals surface area contributed by atoms with Gasteiger partial charge in [0.2, 0.25) is 5.91 Å². The molecule has 1 atom stereocenters. The van der Waals surface area contributed by atoms with Crippen LogP contribution in [0.15, 0.2) is 36.8 Å². The second-order valence-corrected chi connectivity index (χ2v) is 6.96. The van der Waals surface area contributed by atoms with Gasteiger partial charge in [0.15, 0.2) is 0 Å². The van der Waals surface area contributed by atoms with Gasteiger partial charge in [-0.25, -0.2) is 4.98 Å². The molecular weight excluding hydrogens is 403 g/mol. The van der Waals surface area contributed by atoms with Crippen molar-refractivity contribution in [2.24, 2.45) is 5.92 Å². The van der Waals surface area contributed by atoms with E-state index in [2.05, 4.69) is 49.7 Å². The molecule has 23 heavy (non-hydrogen) atoms. The lowest BCUT2D eigenvalue weighted by Gasteiger charge is -2.32. The summed E-state index contributed by atoms with van der Waals surface area (Å²) in [4.78, 5) is 23.1. The summed E-state index contributed by atoms with van der Waals surface area (Å²) in [6, 6.07) is 6.00. The number of carbonyl (C=O) groups excluding carboxylic acids is 1. The average Bonchev–Trinajstić information content (AvgIpc) is 2.59. The van der Waals surface area contributed by atoms with Crippen LogP contribution in [0.3, 0.4) is 0 Å². The highest BCUT2D eigenvalue weighted by molar-refractivity contribution is 14.1. The third kappa shape index (κ3) is 3.99. The minimum Gasteiger partial charge on any atom is -0.355 e. The number of hydrogen-bond donors (Lipinski definition) is 1. The molecule has 5 nitrogen and oxygen atoms in total. The second-order valence-electron chi connectivity index (χ2n) is 5.80. The van der Waals surface area contributed by atoms with Crippen molar-refractivity contribution in [3.05, 3.63) is 45.9 Å². The molecule has 1 unspecified atom stereocenters. The van der Waals surface area contributed by atoms with Gasteiger partial charge in [0, 0.05) is 34.7 Å². The number of halogens is 1. The van der Waals surface area contributed by atoms with Crippen molar-refractivity contribution in [2.45, 2.75) is 19.8 Å². The fraction of sp³-hybridized carbons (Fsp3) is 0.353. The van der Waals surface area contributed by atoms with Crippen LogP contribution in [-0.4, -0.2) is 29.0 Å². The molecule has 120 valence electrons. The molecule has 0 bridgehead atoms. The number of aryl methyl sites for hydroxylation is 1. The molecule has 1 saturated heterocycles. The van der Waals surface area contributed by atoms with Crippen LogP contribution >= 0.6 is 22.6 Å². The Kier molecular flexibility index (Phi) is 5.09. The fourth-order valence-electron chi connectivity index (χ4n) is 2.77. The number of nitrogens with one attached hydrogen (secondary N) is 1. The number of carbonyl (C=O) groups is 1. The van der Waals surface area contributed by atoms with E-state index in [4.69, 9.17) is 0 Å². The van der Waals surface area contributed by atoms with Gasteiger partial charge in [0.25, 0.3) is 0 Å². The summed E-state index contributed by atoms with van der Waals surface area (Å²) in [6.07, 6.45) is 7.00. The van der Waals surface area contributed by atoms with Crippen LogP contribution in [-0.2, 0) is 4.79 Å². The monoisotopic (exact) mass is 422 g/mol. The molecule has 0 aliphatic carbocycles. The van der Waals surface area contributed by atoms with Crippen molar-refractivity contribution in [2.75, 3.05) is 23.3 Å². The lowest BCUT2D eigenvalue weighted by molar-refractivity contribution is -0.120.